The van der Waals surface area contributed by atoms with Crippen LogP contribution in [0.5, 0.6) is 0 Å². The molecule has 1 atom stereocenters. The molecular formula is C17H35N. The molecule has 0 saturated carbocycles. The first kappa shape index (κ1) is 16.0. The standard InChI is InChI=1S/C17H35N/c1-3-5-6-7-8-9-10-11-14-18-15-12-13-17(4-2)16-18/h17H,3-16H2,1-2H3. The molecule has 1 rings (SSSR count). The van der Waals surface area contributed by atoms with Gasteiger partial charge in [-0.15, -0.1) is 0 Å². The van der Waals surface area contributed by atoms with Gasteiger partial charge < -0.3 is 4.90 Å². The number of likely N-dealkylation sites (tertiary alicyclic amines) is 1. The van der Waals surface area contributed by atoms with E-state index in [4.69, 9.17) is 0 Å². The van der Waals surface area contributed by atoms with Gasteiger partial charge in [0.25, 0.3) is 0 Å². The van der Waals surface area contributed by atoms with Crippen LogP contribution in [0.15, 0.2) is 0 Å². The van der Waals surface area contributed by atoms with Crippen LogP contribution < -0.4 is 0 Å². The summed E-state index contributed by atoms with van der Waals surface area (Å²) in [7, 11) is 0. The van der Waals surface area contributed by atoms with Gasteiger partial charge in [-0.3, -0.25) is 0 Å². The lowest BCUT2D eigenvalue weighted by Gasteiger charge is -2.32. The van der Waals surface area contributed by atoms with E-state index in [9.17, 15) is 0 Å². The predicted octanol–water partition coefficient (Wildman–Crippen LogP) is 5.25. The second-order valence-corrected chi connectivity index (χ2v) is 6.19. The lowest BCUT2D eigenvalue weighted by Crippen LogP contribution is -2.35. The van der Waals surface area contributed by atoms with Crippen molar-refractivity contribution in [2.45, 2.75) is 84.5 Å². The molecule has 1 heterocycles. The zero-order valence-electron chi connectivity index (χ0n) is 12.9. The molecule has 0 radical (unpaired) electrons. The van der Waals surface area contributed by atoms with Gasteiger partial charge in [0.15, 0.2) is 0 Å². The summed E-state index contributed by atoms with van der Waals surface area (Å²) >= 11 is 0. The monoisotopic (exact) mass is 253 g/mol. The summed E-state index contributed by atoms with van der Waals surface area (Å²) in [5.74, 6) is 0.993. The summed E-state index contributed by atoms with van der Waals surface area (Å²) in [6.07, 6.45) is 15.9. The highest BCUT2D eigenvalue weighted by atomic mass is 15.1. The first-order valence-electron chi connectivity index (χ1n) is 8.59. The van der Waals surface area contributed by atoms with Crippen LogP contribution in [0, 0.1) is 5.92 Å². The molecule has 0 bridgehead atoms. The average molecular weight is 253 g/mol. The third-order valence-electron chi connectivity index (χ3n) is 4.51. The first-order valence-corrected chi connectivity index (χ1v) is 8.59. The second-order valence-electron chi connectivity index (χ2n) is 6.19. The van der Waals surface area contributed by atoms with E-state index in [1.807, 2.05) is 0 Å². The number of nitrogens with zero attached hydrogens (tertiary/aromatic N) is 1. The quantitative estimate of drug-likeness (QED) is 0.481. The van der Waals surface area contributed by atoms with Crippen LogP contribution in [-0.4, -0.2) is 24.5 Å². The molecular weight excluding hydrogens is 218 g/mol. The summed E-state index contributed by atoms with van der Waals surface area (Å²) in [6, 6.07) is 0. The van der Waals surface area contributed by atoms with E-state index < -0.39 is 0 Å². The molecule has 1 fully saturated rings. The molecule has 1 aliphatic heterocycles. The van der Waals surface area contributed by atoms with Crippen LogP contribution in [0.4, 0.5) is 0 Å². The van der Waals surface area contributed by atoms with Crippen molar-refractivity contribution >= 4 is 0 Å². The molecule has 0 aromatic carbocycles. The molecule has 1 heteroatoms. The Bertz CT molecular complexity index is 178. The Hall–Kier alpha value is -0.0400. The Labute approximate surface area is 115 Å². The largest absolute Gasteiger partial charge is 0.303 e. The first-order chi connectivity index (χ1) is 8.86. The molecule has 1 nitrogen and oxygen atoms in total. The fourth-order valence-corrected chi connectivity index (χ4v) is 3.16. The zero-order chi connectivity index (χ0) is 13.1. The normalized spacial score (nSPS) is 21.3. The van der Waals surface area contributed by atoms with Gasteiger partial charge in [0.05, 0.1) is 0 Å². The lowest BCUT2D eigenvalue weighted by atomic mass is 9.95. The van der Waals surface area contributed by atoms with Gasteiger partial charge in [0.2, 0.25) is 0 Å². The Balaban J connectivity index is 1.88. The fourth-order valence-electron chi connectivity index (χ4n) is 3.16. The molecule has 0 aromatic rings. The van der Waals surface area contributed by atoms with Crippen LogP contribution in [0.25, 0.3) is 0 Å². The van der Waals surface area contributed by atoms with Crippen molar-refractivity contribution in [2.24, 2.45) is 5.92 Å². The summed E-state index contributed by atoms with van der Waals surface area (Å²) in [5.41, 5.74) is 0. The predicted molar refractivity (Wildman–Crippen MR) is 82.1 cm³/mol. The smallest absolute Gasteiger partial charge is 0.000956 e. The summed E-state index contributed by atoms with van der Waals surface area (Å²) < 4.78 is 0. The molecule has 0 spiro atoms. The molecule has 108 valence electrons. The minimum absolute atomic E-state index is 0.993. The maximum Gasteiger partial charge on any atom is 0.000956 e. The summed E-state index contributed by atoms with van der Waals surface area (Å²) in [5, 5.41) is 0. The summed E-state index contributed by atoms with van der Waals surface area (Å²) in [4.78, 5) is 2.72. The molecule has 18 heavy (non-hydrogen) atoms. The Morgan fingerprint density at radius 3 is 2.22 bits per heavy atom. The minimum atomic E-state index is 0.993. The highest BCUT2D eigenvalue weighted by molar-refractivity contribution is 4.71. The van der Waals surface area contributed by atoms with Crippen molar-refractivity contribution in [1.82, 2.24) is 4.90 Å². The molecule has 1 saturated heterocycles. The van der Waals surface area contributed by atoms with Crippen molar-refractivity contribution in [2.75, 3.05) is 19.6 Å². The molecule has 1 unspecified atom stereocenters. The highest BCUT2D eigenvalue weighted by Gasteiger charge is 2.17. The Kier molecular flexibility index (Phi) is 9.65. The van der Waals surface area contributed by atoms with Gasteiger partial charge >= 0.3 is 0 Å². The molecule has 0 aliphatic carbocycles. The van der Waals surface area contributed by atoms with Crippen molar-refractivity contribution in [1.29, 1.82) is 0 Å². The van der Waals surface area contributed by atoms with Gasteiger partial charge in [-0.2, -0.15) is 0 Å². The van der Waals surface area contributed by atoms with Gasteiger partial charge in [0.1, 0.15) is 0 Å². The van der Waals surface area contributed by atoms with Crippen molar-refractivity contribution < 1.29 is 0 Å². The van der Waals surface area contributed by atoms with E-state index in [0.29, 0.717) is 0 Å². The molecule has 1 aliphatic rings. The van der Waals surface area contributed by atoms with E-state index in [1.54, 1.807) is 0 Å². The average Bonchev–Trinajstić information content (AvgIpc) is 2.42. The highest BCUT2D eigenvalue weighted by Crippen LogP contribution is 2.19. The van der Waals surface area contributed by atoms with Crippen molar-refractivity contribution in [3.05, 3.63) is 0 Å². The van der Waals surface area contributed by atoms with E-state index in [2.05, 4.69) is 18.7 Å². The maximum atomic E-state index is 2.72. The van der Waals surface area contributed by atoms with Crippen LogP contribution in [0.1, 0.15) is 84.5 Å². The fraction of sp³-hybridized carbons (Fsp3) is 1.00. The van der Waals surface area contributed by atoms with Gasteiger partial charge in [-0.1, -0.05) is 65.2 Å². The van der Waals surface area contributed by atoms with E-state index in [1.165, 1.54) is 90.3 Å². The van der Waals surface area contributed by atoms with Crippen LogP contribution in [-0.2, 0) is 0 Å². The maximum absolute atomic E-state index is 2.72. The number of hydrogen-bond acceptors (Lipinski definition) is 1. The Morgan fingerprint density at radius 1 is 0.889 bits per heavy atom. The minimum Gasteiger partial charge on any atom is -0.303 e. The van der Waals surface area contributed by atoms with E-state index >= 15 is 0 Å². The van der Waals surface area contributed by atoms with Crippen molar-refractivity contribution in [3.63, 3.8) is 0 Å². The number of unbranched alkanes of at least 4 members (excludes halogenated alkanes) is 7. The summed E-state index contributed by atoms with van der Waals surface area (Å²) in [6.45, 7) is 8.76. The van der Waals surface area contributed by atoms with Gasteiger partial charge in [-0.05, 0) is 38.3 Å². The SMILES string of the molecule is CCCCCCCCCCN1CCCC(CC)C1. The number of piperidine rings is 1. The van der Waals surface area contributed by atoms with E-state index in [-0.39, 0.29) is 0 Å². The third-order valence-corrected chi connectivity index (χ3v) is 4.51. The van der Waals surface area contributed by atoms with Crippen LogP contribution in [0.3, 0.4) is 0 Å². The molecule has 0 N–H and O–H groups in total. The van der Waals surface area contributed by atoms with Crippen LogP contribution in [0.2, 0.25) is 0 Å². The third kappa shape index (κ3) is 7.41. The van der Waals surface area contributed by atoms with Gasteiger partial charge in [0, 0.05) is 6.54 Å². The second kappa shape index (κ2) is 10.8. The van der Waals surface area contributed by atoms with Crippen molar-refractivity contribution in [3.8, 4) is 0 Å². The van der Waals surface area contributed by atoms with Crippen LogP contribution >= 0.6 is 0 Å². The topological polar surface area (TPSA) is 3.24 Å². The molecule has 0 aromatic heterocycles. The zero-order valence-corrected chi connectivity index (χ0v) is 12.9. The number of rotatable bonds is 10. The van der Waals surface area contributed by atoms with E-state index in [0.717, 1.165) is 5.92 Å². The number of hydrogen-bond donors (Lipinski definition) is 0. The lowest BCUT2D eigenvalue weighted by molar-refractivity contribution is 0.169. The Morgan fingerprint density at radius 2 is 1.56 bits per heavy atom. The molecule has 0 amide bonds. The van der Waals surface area contributed by atoms with Gasteiger partial charge in [-0.25, -0.2) is 0 Å².